The summed E-state index contributed by atoms with van der Waals surface area (Å²) in [4.78, 5) is 12.4. The lowest BCUT2D eigenvalue weighted by Gasteiger charge is -2.26. The molecule has 1 atom stereocenters. The van der Waals surface area contributed by atoms with E-state index in [1.54, 1.807) is 12.1 Å². The molecular formula is C18H15BrN2O6. The molecule has 140 valence electrons. The molecule has 0 spiro atoms. The minimum atomic E-state index is -0.841. The maximum Gasteiger partial charge on any atom is 0.228 e. The number of rotatable bonds is 4. The summed E-state index contributed by atoms with van der Waals surface area (Å²) in [5.74, 6) is -0.156. The minimum Gasteiger partial charge on any atom is -0.493 e. The molecule has 0 saturated heterocycles. The van der Waals surface area contributed by atoms with Gasteiger partial charge < -0.3 is 29.5 Å². The third kappa shape index (κ3) is 3.13. The molecule has 0 radical (unpaired) electrons. The fourth-order valence-corrected chi connectivity index (χ4v) is 3.42. The molecule has 1 aliphatic rings. The van der Waals surface area contributed by atoms with Crippen molar-refractivity contribution in [3.05, 3.63) is 61.4 Å². The summed E-state index contributed by atoms with van der Waals surface area (Å²) >= 11 is 3.45. The second kappa shape index (κ2) is 7.34. The van der Waals surface area contributed by atoms with Crippen LogP contribution in [0.3, 0.4) is 0 Å². The molecule has 0 aliphatic carbocycles. The van der Waals surface area contributed by atoms with Crippen LogP contribution in [0.4, 0.5) is 0 Å². The first-order valence-electron chi connectivity index (χ1n) is 7.71. The van der Waals surface area contributed by atoms with Crippen LogP contribution in [0, 0.1) is 11.3 Å². The van der Waals surface area contributed by atoms with Gasteiger partial charge in [0.15, 0.2) is 17.3 Å². The quantitative estimate of drug-likeness (QED) is 0.748. The van der Waals surface area contributed by atoms with Crippen LogP contribution < -0.4 is 25.4 Å². The van der Waals surface area contributed by atoms with E-state index in [2.05, 4.69) is 15.9 Å². The summed E-state index contributed by atoms with van der Waals surface area (Å²) < 4.78 is 22.2. The monoisotopic (exact) mass is 434 g/mol. The summed E-state index contributed by atoms with van der Waals surface area (Å²) in [5.41, 5.74) is 5.98. The first kappa shape index (κ1) is 18.8. The number of halogens is 1. The normalized spacial score (nSPS) is 15.6. The van der Waals surface area contributed by atoms with Gasteiger partial charge in [0.1, 0.15) is 24.0 Å². The van der Waals surface area contributed by atoms with Crippen LogP contribution in [0.5, 0.6) is 17.2 Å². The molecule has 3 N–H and O–H groups in total. The number of nitrogens with two attached hydrogens (primary N) is 1. The van der Waals surface area contributed by atoms with Crippen LogP contribution >= 0.6 is 15.9 Å². The Labute approximate surface area is 162 Å². The average Bonchev–Trinajstić information content (AvgIpc) is 2.67. The third-order valence-electron chi connectivity index (χ3n) is 4.10. The number of aliphatic hydroxyl groups excluding tert-OH is 1. The Morgan fingerprint density at radius 2 is 1.96 bits per heavy atom. The predicted molar refractivity (Wildman–Crippen MR) is 97.4 cm³/mol. The topological polar surface area (TPSA) is 128 Å². The van der Waals surface area contributed by atoms with E-state index in [1.165, 1.54) is 14.2 Å². The number of allylic oxidation sites excluding steroid dienone is 1. The molecule has 8 nitrogen and oxygen atoms in total. The number of methoxy groups -OCH3 is 2. The SMILES string of the molecule is COc1cc(Br)c([C@H]2C(C#N)=C(N)Oc3c2oc(CO)cc3=O)cc1OC. The van der Waals surface area contributed by atoms with Gasteiger partial charge in [0, 0.05) is 10.5 Å². The molecule has 2 heterocycles. The maximum absolute atomic E-state index is 12.4. The van der Waals surface area contributed by atoms with Gasteiger partial charge in [-0.05, 0) is 17.7 Å². The molecule has 3 rings (SSSR count). The van der Waals surface area contributed by atoms with Crippen molar-refractivity contribution in [2.24, 2.45) is 5.73 Å². The average molecular weight is 435 g/mol. The molecule has 9 heteroatoms. The smallest absolute Gasteiger partial charge is 0.228 e. The van der Waals surface area contributed by atoms with E-state index in [-0.39, 0.29) is 28.7 Å². The van der Waals surface area contributed by atoms with Crippen molar-refractivity contribution in [3.8, 4) is 23.3 Å². The highest BCUT2D eigenvalue weighted by Crippen LogP contribution is 2.46. The summed E-state index contributed by atoms with van der Waals surface area (Å²) in [6.45, 7) is -0.483. The van der Waals surface area contributed by atoms with E-state index in [1.807, 2.05) is 6.07 Å². The van der Waals surface area contributed by atoms with Crippen molar-refractivity contribution in [2.75, 3.05) is 14.2 Å². The lowest BCUT2D eigenvalue weighted by molar-refractivity contribution is 0.231. The van der Waals surface area contributed by atoms with Gasteiger partial charge in [-0.2, -0.15) is 5.26 Å². The van der Waals surface area contributed by atoms with Crippen molar-refractivity contribution in [2.45, 2.75) is 12.5 Å². The van der Waals surface area contributed by atoms with Crippen LogP contribution in [0.1, 0.15) is 23.0 Å². The molecule has 1 aliphatic heterocycles. The Hall–Kier alpha value is -2.96. The highest BCUT2D eigenvalue weighted by Gasteiger charge is 2.36. The van der Waals surface area contributed by atoms with Gasteiger partial charge in [-0.3, -0.25) is 4.79 Å². The first-order valence-corrected chi connectivity index (χ1v) is 8.51. The van der Waals surface area contributed by atoms with E-state index in [0.717, 1.165) is 6.07 Å². The number of ether oxygens (including phenoxy) is 3. The molecule has 0 amide bonds. The molecule has 2 aromatic rings. The molecule has 1 aromatic carbocycles. The maximum atomic E-state index is 12.4. The van der Waals surface area contributed by atoms with Crippen LogP contribution in [0.25, 0.3) is 0 Å². The van der Waals surface area contributed by atoms with Crippen LogP contribution in [0.2, 0.25) is 0 Å². The Morgan fingerprint density at radius 1 is 1.30 bits per heavy atom. The zero-order chi connectivity index (χ0) is 19.7. The zero-order valence-corrected chi connectivity index (χ0v) is 16.0. The van der Waals surface area contributed by atoms with Crippen molar-refractivity contribution < 1.29 is 23.7 Å². The Kier molecular flexibility index (Phi) is 5.12. The lowest BCUT2D eigenvalue weighted by atomic mass is 9.87. The van der Waals surface area contributed by atoms with E-state index >= 15 is 0 Å². The summed E-state index contributed by atoms with van der Waals surface area (Å²) in [5, 5.41) is 19.0. The largest absolute Gasteiger partial charge is 0.493 e. The van der Waals surface area contributed by atoms with E-state index in [0.29, 0.717) is 21.5 Å². The number of benzene rings is 1. The zero-order valence-electron chi connectivity index (χ0n) is 14.4. The Morgan fingerprint density at radius 3 is 2.56 bits per heavy atom. The van der Waals surface area contributed by atoms with Gasteiger partial charge >= 0.3 is 0 Å². The predicted octanol–water partition coefficient (Wildman–Crippen LogP) is 2.13. The molecule has 0 saturated carbocycles. The van der Waals surface area contributed by atoms with Crippen molar-refractivity contribution in [1.82, 2.24) is 0 Å². The summed E-state index contributed by atoms with van der Waals surface area (Å²) in [6.07, 6.45) is 0. The third-order valence-corrected chi connectivity index (χ3v) is 4.79. The molecule has 0 bridgehead atoms. The fraction of sp³-hybridized carbons (Fsp3) is 0.222. The number of hydrogen-bond donors (Lipinski definition) is 2. The highest BCUT2D eigenvalue weighted by molar-refractivity contribution is 9.10. The standard InChI is InChI=1S/C18H15BrN2O6/c1-24-13-4-9(11(19)5-14(13)25-2)15-10(6-20)18(21)27-16-12(23)3-8(7-22)26-17(15)16/h3-5,15,22H,7,21H2,1-2H3/t15-/m0/s1. The first-order chi connectivity index (χ1) is 12.9. The Balaban J connectivity index is 2.34. The van der Waals surface area contributed by atoms with Crippen molar-refractivity contribution in [3.63, 3.8) is 0 Å². The number of fused-ring (bicyclic) bond motifs is 1. The fourth-order valence-electron chi connectivity index (χ4n) is 2.86. The number of nitrogens with zero attached hydrogens (tertiary/aromatic N) is 1. The highest BCUT2D eigenvalue weighted by atomic mass is 79.9. The van der Waals surface area contributed by atoms with Gasteiger partial charge in [-0.25, -0.2) is 0 Å². The van der Waals surface area contributed by atoms with Gasteiger partial charge in [-0.1, -0.05) is 15.9 Å². The minimum absolute atomic E-state index is 0.0433. The molecule has 27 heavy (non-hydrogen) atoms. The van der Waals surface area contributed by atoms with Crippen molar-refractivity contribution >= 4 is 15.9 Å². The van der Waals surface area contributed by atoms with E-state index in [4.69, 9.17) is 24.4 Å². The van der Waals surface area contributed by atoms with E-state index in [9.17, 15) is 15.2 Å². The molecular weight excluding hydrogens is 420 g/mol. The molecule has 0 fully saturated rings. The van der Waals surface area contributed by atoms with E-state index < -0.39 is 18.0 Å². The van der Waals surface area contributed by atoms with Crippen LogP contribution in [-0.4, -0.2) is 19.3 Å². The van der Waals surface area contributed by atoms with Crippen LogP contribution in [-0.2, 0) is 6.61 Å². The van der Waals surface area contributed by atoms with Gasteiger partial charge in [0.05, 0.1) is 20.1 Å². The van der Waals surface area contributed by atoms with Gasteiger partial charge in [0.2, 0.25) is 17.1 Å². The number of nitriles is 1. The summed E-state index contributed by atoms with van der Waals surface area (Å²) in [7, 11) is 2.98. The lowest BCUT2D eigenvalue weighted by Crippen LogP contribution is -2.25. The second-order valence-corrected chi connectivity index (χ2v) is 6.44. The second-order valence-electron chi connectivity index (χ2n) is 5.58. The van der Waals surface area contributed by atoms with Crippen molar-refractivity contribution in [1.29, 1.82) is 5.26 Å². The molecule has 1 aromatic heterocycles. The number of aliphatic hydroxyl groups is 1. The molecule has 0 unspecified atom stereocenters. The van der Waals surface area contributed by atoms with Gasteiger partial charge in [-0.15, -0.1) is 0 Å². The number of hydrogen-bond acceptors (Lipinski definition) is 8. The van der Waals surface area contributed by atoms with Crippen LogP contribution in [0.15, 0.2) is 43.3 Å². The Bertz CT molecular complexity index is 1040. The summed E-state index contributed by atoms with van der Waals surface area (Å²) in [6, 6.07) is 6.44. The van der Waals surface area contributed by atoms with Gasteiger partial charge in [0.25, 0.3) is 0 Å².